The highest BCUT2D eigenvalue weighted by atomic mass is 28.5. The Morgan fingerprint density at radius 3 is 1.32 bits per heavy atom. The van der Waals surface area contributed by atoms with Gasteiger partial charge < -0.3 is 8.23 Å². The Balaban J connectivity index is 4.89. The maximum Gasteiger partial charge on any atom is 0.311 e. The largest absolute Gasteiger partial charge is 0.436 e. The smallest absolute Gasteiger partial charge is 0.311 e. The van der Waals surface area contributed by atoms with Crippen molar-refractivity contribution in [2.45, 2.75) is 64.2 Å². The van der Waals surface area contributed by atoms with Crippen LogP contribution in [0.15, 0.2) is 0 Å². The fraction of sp³-hybridized carbons (Fsp3) is 0.714. The minimum atomic E-state index is -2.16. The lowest BCUT2D eigenvalue weighted by molar-refractivity contribution is 0.386. The van der Waals surface area contributed by atoms with Crippen molar-refractivity contribution in [1.82, 2.24) is 0 Å². The van der Waals surface area contributed by atoms with Crippen LogP contribution < -0.4 is 0 Å². The van der Waals surface area contributed by atoms with E-state index in [9.17, 15) is 0 Å². The van der Waals surface area contributed by atoms with Crippen LogP contribution in [0.5, 0.6) is 0 Å². The summed E-state index contributed by atoms with van der Waals surface area (Å²) in [5.41, 5.74) is 0. The van der Waals surface area contributed by atoms with E-state index in [4.69, 9.17) is 21.1 Å². The van der Waals surface area contributed by atoms with Crippen LogP contribution in [0.25, 0.3) is 0 Å². The lowest BCUT2D eigenvalue weighted by atomic mass is 10.8. The minimum Gasteiger partial charge on any atom is -0.436 e. The Kier molecular flexibility index (Phi) is 7.35. The van der Waals surface area contributed by atoms with E-state index in [-0.39, 0.29) is 0 Å². The number of hydrogen-bond acceptors (Lipinski definition) is 2. The van der Waals surface area contributed by atoms with Gasteiger partial charge in [-0.2, -0.15) is 0 Å². The minimum absolute atomic E-state index is 0.753. The molecule has 0 N–H and O–H groups in total. The first-order valence-electron chi connectivity index (χ1n) is 6.93. The van der Waals surface area contributed by atoms with E-state index in [1.54, 1.807) is 0 Å². The Morgan fingerprint density at radius 1 is 0.789 bits per heavy atom. The number of rotatable bonds is 8. The summed E-state index contributed by atoms with van der Waals surface area (Å²) in [5.74, 6) is 5.53. The predicted octanol–water partition coefficient (Wildman–Crippen LogP) is 4.18. The van der Waals surface area contributed by atoms with Crippen molar-refractivity contribution < 1.29 is 8.23 Å². The van der Waals surface area contributed by atoms with E-state index in [1.807, 2.05) is 0 Å². The molecule has 0 heterocycles. The van der Waals surface area contributed by atoms with E-state index >= 15 is 0 Å². The van der Waals surface area contributed by atoms with Gasteiger partial charge in [-0.15, -0.1) is 24.7 Å². The van der Waals surface area contributed by atoms with Gasteiger partial charge in [0.05, 0.1) is 0 Å². The van der Waals surface area contributed by atoms with Crippen molar-refractivity contribution in [3.8, 4) is 24.7 Å². The molecule has 0 spiro atoms. The monoisotopic (exact) mass is 312 g/mol. The molecule has 0 aliphatic rings. The Bertz CT molecular complexity index is 336. The molecule has 0 aromatic carbocycles. The Morgan fingerprint density at radius 2 is 1.11 bits per heavy atom. The van der Waals surface area contributed by atoms with E-state index in [0.29, 0.717) is 0 Å². The van der Waals surface area contributed by atoms with Crippen LogP contribution in [-0.4, -0.2) is 25.2 Å². The summed E-state index contributed by atoms with van der Waals surface area (Å²) in [6.45, 7) is 13.0. The van der Waals surface area contributed by atoms with E-state index in [1.165, 1.54) is 0 Å². The van der Waals surface area contributed by atoms with Crippen LogP contribution in [0.3, 0.4) is 0 Å². The van der Waals surface area contributed by atoms with Crippen LogP contribution in [-0.2, 0) is 8.23 Å². The first-order valence-corrected chi connectivity index (χ1v) is 15.4. The third kappa shape index (κ3) is 6.60. The van der Waals surface area contributed by atoms with Gasteiger partial charge in [-0.3, -0.25) is 0 Å². The molecule has 0 saturated heterocycles. The average Bonchev–Trinajstić information content (AvgIpc) is 2.28. The summed E-state index contributed by atoms with van der Waals surface area (Å²) in [4.78, 5) is 0. The number of terminal acetylenes is 2. The second kappa shape index (κ2) is 7.47. The maximum absolute atomic E-state index is 6.44. The molecule has 2 unspecified atom stereocenters. The molecule has 19 heavy (non-hydrogen) atoms. The second-order valence-corrected chi connectivity index (χ2v) is 18.3. The normalized spacial score (nSPS) is 17.9. The quantitative estimate of drug-likeness (QED) is 0.494. The molecular formula is C14H28O2Si3. The molecule has 0 aliphatic carbocycles. The van der Waals surface area contributed by atoms with Gasteiger partial charge in [0.2, 0.25) is 0 Å². The van der Waals surface area contributed by atoms with Gasteiger partial charge in [-0.25, -0.2) is 0 Å². The fourth-order valence-corrected chi connectivity index (χ4v) is 15.2. The third-order valence-electron chi connectivity index (χ3n) is 3.43. The van der Waals surface area contributed by atoms with Gasteiger partial charge in [-0.1, -0.05) is 13.8 Å². The molecule has 0 saturated carbocycles. The maximum atomic E-state index is 6.44. The highest BCUT2D eigenvalue weighted by molar-refractivity contribution is 6.88. The molecule has 5 heteroatoms. The Hall–Kier alpha value is -0.309. The first kappa shape index (κ1) is 18.7. The molecule has 0 aliphatic heterocycles. The van der Waals surface area contributed by atoms with Crippen molar-refractivity contribution in [1.29, 1.82) is 0 Å². The number of hydrogen-bond donors (Lipinski definition) is 0. The lowest BCUT2D eigenvalue weighted by Crippen LogP contribution is -2.53. The lowest BCUT2D eigenvalue weighted by Gasteiger charge is -2.39. The van der Waals surface area contributed by atoms with Crippen LogP contribution in [0.2, 0.25) is 50.4 Å². The molecule has 0 aromatic heterocycles. The topological polar surface area (TPSA) is 18.5 Å². The summed E-state index contributed by atoms with van der Waals surface area (Å²) >= 11 is 0. The summed E-state index contributed by atoms with van der Waals surface area (Å²) in [7, 11) is -5.80. The zero-order valence-corrected chi connectivity index (χ0v) is 16.3. The van der Waals surface area contributed by atoms with Crippen LogP contribution in [0.1, 0.15) is 13.8 Å². The molecule has 0 fully saturated rings. The zero-order chi connectivity index (χ0) is 15.2. The standard InChI is InChI=1S/C14H28O2Si3/c1-9-13-18(7,11-3)15-17(5,6)16-19(8,12-4)14-10-2/h1-2H,11-14H2,3-8H3. The molecule has 0 rings (SSSR count). The van der Waals surface area contributed by atoms with Crippen molar-refractivity contribution in [2.24, 2.45) is 0 Å². The third-order valence-corrected chi connectivity index (χ3v) is 16.2. The van der Waals surface area contributed by atoms with Gasteiger partial charge in [0, 0.05) is 12.1 Å². The van der Waals surface area contributed by atoms with Gasteiger partial charge in [-0.05, 0) is 38.3 Å². The molecule has 2 atom stereocenters. The van der Waals surface area contributed by atoms with Gasteiger partial charge in [0.15, 0.2) is 16.6 Å². The van der Waals surface area contributed by atoms with Crippen molar-refractivity contribution in [3.05, 3.63) is 0 Å². The molecule has 0 amide bonds. The summed E-state index contributed by atoms with van der Waals surface area (Å²) in [5, 5.41) is 0. The Labute approximate surface area is 122 Å². The van der Waals surface area contributed by atoms with Crippen molar-refractivity contribution >= 4 is 25.2 Å². The van der Waals surface area contributed by atoms with Crippen LogP contribution in [0.4, 0.5) is 0 Å². The molecule has 0 aromatic rings. The summed E-state index contributed by atoms with van der Waals surface area (Å²) < 4.78 is 12.9. The average molecular weight is 313 g/mol. The van der Waals surface area contributed by atoms with Crippen LogP contribution >= 0.6 is 0 Å². The SMILES string of the molecule is C#CC[Si](C)(CC)O[Si](C)(C)O[Si](C)(CC)CC#C. The molecule has 2 nitrogen and oxygen atoms in total. The first-order chi connectivity index (χ1) is 8.66. The molecule has 108 valence electrons. The van der Waals surface area contributed by atoms with Gasteiger partial charge in [0.25, 0.3) is 0 Å². The molecular weight excluding hydrogens is 284 g/mol. The van der Waals surface area contributed by atoms with E-state index in [0.717, 1.165) is 24.2 Å². The molecule has 0 bridgehead atoms. The predicted molar refractivity (Wildman–Crippen MR) is 91.1 cm³/mol. The summed E-state index contributed by atoms with van der Waals surface area (Å²) in [6, 6.07) is 3.55. The van der Waals surface area contributed by atoms with Gasteiger partial charge in [0.1, 0.15) is 0 Å². The van der Waals surface area contributed by atoms with E-state index in [2.05, 4.69) is 51.9 Å². The zero-order valence-electron chi connectivity index (χ0n) is 13.3. The van der Waals surface area contributed by atoms with E-state index < -0.39 is 25.2 Å². The van der Waals surface area contributed by atoms with Crippen molar-refractivity contribution in [3.63, 3.8) is 0 Å². The highest BCUT2D eigenvalue weighted by Crippen LogP contribution is 2.27. The van der Waals surface area contributed by atoms with Crippen molar-refractivity contribution in [2.75, 3.05) is 0 Å². The van der Waals surface area contributed by atoms with Crippen LogP contribution in [0, 0.1) is 24.7 Å². The summed E-state index contributed by atoms with van der Waals surface area (Å²) in [6.07, 6.45) is 10.9. The molecule has 0 radical (unpaired) electrons. The fourth-order valence-electron chi connectivity index (χ4n) is 2.11. The van der Waals surface area contributed by atoms with Gasteiger partial charge >= 0.3 is 8.56 Å². The second-order valence-electron chi connectivity index (χ2n) is 5.97. The highest BCUT2D eigenvalue weighted by Gasteiger charge is 2.41.